The molecule has 25 heavy (non-hydrogen) atoms. The molecule has 0 aliphatic carbocycles. The Kier molecular flexibility index (Phi) is 7.01. The second-order valence-corrected chi connectivity index (χ2v) is 5.78. The van der Waals surface area contributed by atoms with E-state index in [0.717, 1.165) is 5.56 Å². The number of anilines is 1. The van der Waals surface area contributed by atoms with Crippen LogP contribution in [0.25, 0.3) is 0 Å². The Labute approximate surface area is 153 Å². The van der Waals surface area contributed by atoms with Crippen LogP contribution in [0.15, 0.2) is 42.5 Å². The molecule has 2 aromatic carbocycles. The van der Waals surface area contributed by atoms with Crippen molar-refractivity contribution in [2.24, 2.45) is 0 Å². The molecule has 0 aliphatic heterocycles. The highest BCUT2D eigenvalue weighted by Gasteiger charge is 2.12. The predicted octanol–water partition coefficient (Wildman–Crippen LogP) is 4.67. The van der Waals surface area contributed by atoms with E-state index in [9.17, 15) is 4.39 Å². The second kappa shape index (κ2) is 9.22. The van der Waals surface area contributed by atoms with Gasteiger partial charge in [0.2, 0.25) is 0 Å². The summed E-state index contributed by atoms with van der Waals surface area (Å²) in [5.41, 5.74) is 1.33. The lowest BCUT2D eigenvalue weighted by molar-refractivity contribution is 0.287. The average Bonchev–Trinajstić information content (AvgIpc) is 2.59. The van der Waals surface area contributed by atoms with E-state index in [-0.39, 0.29) is 11.9 Å². The molecule has 4 nitrogen and oxygen atoms in total. The summed E-state index contributed by atoms with van der Waals surface area (Å²) >= 11 is 5.28. The van der Waals surface area contributed by atoms with Gasteiger partial charge in [0.15, 0.2) is 16.6 Å². The van der Waals surface area contributed by atoms with Gasteiger partial charge in [-0.3, -0.25) is 0 Å². The van der Waals surface area contributed by atoms with Crippen molar-refractivity contribution < 1.29 is 13.9 Å². The van der Waals surface area contributed by atoms with E-state index >= 15 is 0 Å². The van der Waals surface area contributed by atoms with E-state index in [4.69, 9.17) is 21.7 Å². The lowest BCUT2D eigenvalue weighted by Crippen LogP contribution is -2.31. The summed E-state index contributed by atoms with van der Waals surface area (Å²) in [5.74, 6) is 1.06. The number of thiocarbonyl (C=S) groups is 1. The van der Waals surface area contributed by atoms with Crippen molar-refractivity contribution in [3.05, 3.63) is 53.8 Å². The maximum atomic E-state index is 13.7. The molecule has 0 aromatic heterocycles. The molecule has 0 saturated carbocycles. The SMILES string of the molecule is CCOc1ccc(C(C)NC(=S)Nc2ccccc2F)cc1OCC. The highest BCUT2D eigenvalue weighted by Crippen LogP contribution is 2.30. The molecule has 1 unspecified atom stereocenters. The van der Waals surface area contributed by atoms with Gasteiger partial charge in [-0.05, 0) is 62.8 Å². The van der Waals surface area contributed by atoms with E-state index in [1.54, 1.807) is 18.2 Å². The zero-order valence-corrected chi connectivity index (χ0v) is 15.5. The van der Waals surface area contributed by atoms with Crippen LogP contribution in [0.3, 0.4) is 0 Å². The van der Waals surface area contributed by atoms with Crippen molar-refractivity contribution >= 4 is 23.0 Å². The zero-order chi connectivity index (χ0) is 18.2. The van der Waals surface area contributed by atoms with E-state index in [1.807, 2.05) is 39.0 Å². The number of ether oxygens (including phenoxy) is 2. The van der Waals surface area contributed by atoms with Crippen LogP contribution in [-0.4, -0.2) is 18.3 Å². The number of rotatable bonds is 7. The summed E-state index contributed by atoms with van der Waals surface area (Å²) in [5, 5.41) is 6.37. The summed E-state index contributed by atoms with van der Waals surface area (Å²) in [4.78, 5) is 0. The number of hydrogen-bond acceptors (Lipinski definition) is 3. The van der Waals surface area contributed by atoms with Crippen LogP contribution in [0.2, 0.25) is 0 Å². The van der Waals surface area contributed by atoms with Gasteiger partial charge in [0.25, 0.3) is 0 Å². The molecule has 6 heteroatoms. The number of nitrogens with one attached hydrogen (secondary N) is 2. The van der Waals surface area contributed by atoms with E-state index < -0.39 is 0 Å². The summed E-state index contributed by atoms with van der Waals surface area (Å²) in [6, 6.07) is 12.1. The van der Waals surface area contributed by atoms with E-state index in [2.05, 4.69) is 10.6 Å². The fourth-order valence-corrected chi connectivity index (χ4v) is 2.62. The number of benzene rings is 2. The van der Waals surface area contributed by atoms with Gasteiger partial charge in [0.1, 0.15) is 5.82 Å². The smallest absolute Gasteiger partial charge is 0.171 e. The molecule has 0 heterocycles. The maximum Gasteiger partial charge on any atom is 0.171 e. The van der Waals surface area contributed by atoms with Crippen LogP contribution in [-0.2, 0) is 0 Å². The number of halogens is 1. The van der Waals surface area contributed by atoms with Crippen LogP contribution >= 0.6 is 12.2 Å². The second-order valence-electron chi connectivity index (χ2n) is 5.37. The molecule has 0 aliphatic rings. The Bertz CT molecular complexity index is 724. The lowest BCUT2D eigenvalue weighted by Gasteiger charge is -2.19. The van der Waals surface area contributed by atoms with Gasteiger partial charge in [0.05, 0.1) is 24.9 Å². The lowest BCUT2D eigenvalue weighted by atomic mass is 10.1. The summed E-state index contributed by atoms with van der Waals surface area (Å²) in [6.07, 6.45) is 0. The normalized spacial score (nSPS) is 11.5. The topological polar surface area (TPSA) is 42.5 Å². The van der Waals surface area contributed by atoms with Gasteiger partial charge in [-0.2, -0.15) is 0 Å². The Hall–Kier alpha value is -2.34. The molecule has 2 aromatic rings. The van der Waals surface area contributed by atoms with Crippen LogP contribution in [0.5, 0.6) is 11.5 Å². The molecular formula is C19H23FN2O2S. The number of para-hydroxylation sites is 1. The van der Waals surface area contributed by atoms with Gasteiger partial charge >= 0.3 is 0 Å². The van der Waals surface area contributed by atoms with Gasteiger partial charge in [-0.1, -0.05) is 18.2 Å². The van der Waals surface area contributed by atoms with E-state index in [0.29, 0.717) is 35.5 Å². The molecule has 2 rings (SSSR count). The fraction of sp³-hybridized carbons (Fsp3) is 0.316. The fourth-order valence-electron chi connectivity index (χ4n) is 2.34. The first kappa shape index (κ1) is 19.0. The van der Waals surface area contributed by atoms with Gasteiger partial charge in [-0.25, -0.2) is 4.39 Å². The van der Waals surface area contributed by atoms with Crippen molar-refractivity contribution in [1.82, 2.24) is 5.32 Å². The highest BCUT2D eigenvalue weighted by molar-refractivity contribution is 7.80. The Morgan fingerprint density at radius 2 is 1.76 bits per heavy atom. The van der Waals surface area contributed by atoms with Crippen LogP contribution in [0.1, 0.15) is 32.4 Å². The van der Waals surface area contributed by atoms with Crippen molar-refractivity contribution in [3.8, 4) is 11.5 Å². The Morgan fingerprint density at radius 1 is 1.08 bits per heavy atom. The quantitative estimate of drug-likeness (QED) is 0.701. The first-order valence-electron chi connectivity index (χ1n) is 8.26. The van der Waals surface area contributed by atoms with Gasteiger partial charge in [0, 0.05) is 0 Å². The molecule has 0 amide bonds. The largest absolute Gasteiger partial charge is 0.490 e. The summed E-state index contributed by atoms with van der Waals surface area (Å²) in [7, 11) is 0. The summed E-state index contributed by atoms with van der Waals surface area (Å²) in [6.45, 7) is 6.96. The van der Waals surface area contributed by atoms with Gasteiger partial charge in [-0.15, -0.1) is 0 Å². The average molecular weight is 362 g/mol. The monoisotopic (exact) mass is 362 g/mol. The molecule has 0 radical (unpaired) electrons. The Morgan fingerprint density at radius 3 is 2.44 bits per heavy atom. The molecule has 0 spiro atoms. The van der Waals surface area contributed by atoms with Crippen molar-refractivity contribution in [1.29, 1.82) is 0 Å². The Balaban J connectivity index is 2.06. The first-order chi connectivity index (χ1) is 12.0. The predicted molar refractivity (Wildman–Crippen MR) is 103 cm³/mol. The number of hydrogen-bond donors (Lipinski definition) is 2. The molecule has 0 bridgehead atoms. The third-order valence-corrected chi connectivity index (χ3v) is 3.76. The molecule has 1 atom stereocenters. The first-order valence-corrected chi connectivity index (χ1v) is 8.67. The third-order valence-electron chi connectivity index (χ3n) is 3.54. The van der Waals surface area contributed by atoms with Crippen molar-refractivity contribution in [2.75, 3.05) is 18.5 Å². The van der Waals surface area contributed by atoms with Crippen LogP contribution < -0.4 is 20.1 Å². The molecule has 134 valence electrons. The zero-order valence-electron chi connectivity index (χ0n) is 14.6. The third kappa shape index (κ3) is 5.32. The van der Waals surface area contributed by atoms with Crippen molar-refractivity contribution in [2.45, 2.75) is 26.8 Å². The minimum Gasteiger partial charge on any atom is -0.490 e. The minimum atomic E-state index is -0.348. The summed E-state index contributed by atoms with van der Waals surface area (Å²) < 4.78 is 24.9. The van der Waals surface area contributed by atoms with Gasteiger partial charge < -0.3 is 20.1 Å². The molecule has 2 N–H and O–H groups in total. The van der Waals surface area contributed by atoms with Crippen LogP contribution in [0, 0.1) is 5.82 Å². The van der Waals surface area contributed by atoms with Crippen molar-refractivity contribution in [3.63, 3.8) is 0 Å². The molecule has 0 fully saturated rings. The van der Waals surface area contributed by atoms with Crippen LogP contribution in [0.4, 0.5) is 10.1 Å². The maximum absolute atomic E-state index is 13.7. The molecular weight excluding hydrogens is 339 g/mol. The highest BCUT2D eigenvalue weighted by atomic mass is 32.1. The standard InChI is InChI=1S/C19H23FN2O2S/c1-4-23-17-11-10-14(12-18(17)24-5-2)13(3)21-19(25)22-16-9-7-6-8-15(16)20/h6-13H,4-5H2,1-3H3,(H2,21,22,25). The minimum absolute atomic E-state index is 0.0818. The van der Waals surface area contributed by atoms with E-state index in [1.165, 1.54) is 6.07 Å². The molecule has 0 saturated heterocycles.